The summed E-state index contributed by atoms with van der Waals surface area (Å²) in [4.78, 5) is 47.0. The molecule has 22 nitrogen and oxygen atoms in total. The Kier molecular flexibility index (Phi) is 24.3. The molecule has 0 aliphatic rings. The van der Waals surface area contributed by atoms with Gasteiger partial charge in [0.15, 0.2) is 42.9 Å². The van der Waals surface area contributed by atoms with Gasteiger partial charge in [-0.05, 0) is 72.8 Å². The van der Waals surface area contributed by atoms with Crippen molar-refractivity contribution in [3.05, 3.63) is 141 Å². The van der Waals surface area contributed by atoms with Crippen LogP contribution in [0.4, 0.5) is 24.9 Å². The molecule has 3 N–H and O–H groups in total. The molecule has 0 amide bonds. The van der Waals surface area contributed by atoms with Gasteiger partial charge in [-0.25, -0.2) is 44.3 Å². The predicted molar refractivity (Wildman–Crippen MR) is 375 cm³/mol. The summed E-state index contributed by atoms with van der Waals surface area (Å²) in [6, 6.07) is 21.8. The number of hydrogen-bond donors (Lipinski definition) is 3. The maximum Gasteiger partial charge on any atom is 0.220 e. The third kappa shape index (κ3) is 19.4. The van der Waals surface area contributed by atoms with E-state index in [1.54, 1.807) is 81.8 Å². The van der Waals surface area contributed by atoms with E-state index in [9.17, 15) is 4.39 Å². The highest BCUT2D eigenvalue weighted by Gasteiger charge is 2.12. The summed E-state index contributed by atoms with van der Waals surface area (Å²) < 4.78 is 56.6. The van der Waals surface area contributed by atoms with E-state index in [2.05, 4.69) is 52.5 Å². The number of fused-ring (bicyclic) bond motifs is 4. The van der Waals surface area contributed by atoms with E-state index in [0.717, 1.165) is 73.6 Å². The van der Waals surface area contributed by atoms with E-state index in [0.29, 0.717) is 82.9 Å². The smallest absolute Gasteiger partial charge is 0.220 e. The first kappa shape index (κ1) is 67.2. The number of thiol groups is 1. The van der Waals surface area contributed by atoms with Crippen LogP contribution in [0.15, 0.2) is 115 Å². The second kappa shape index (κ2) is 33.2. The van der Waals surface area contributed by atoms with Crippen LogP contribution in [-0.4, -0.2) is 153 Å². The van der Waals surface area contributed by atoms with Gasteiger partial charge in [0.1, 0.15) is 71.6 Å². The standard InChI is InChI=1S/C16H16FN3O2S.C16H18N4O2S.C16H17N3O3S.C16H17N3O2S2/c2*1-20(2)16-18-10-12(23-16)4-6-15-19-13-5-3-11(21-8-7-17)9-14(13)22-15;1-19(2)16-17-10-12(23-16)4-6-15-18-13-5-3-11(21-8-7-20)9-14(13)22-15;1-19(2)16-17-10-12(23-16)4-6-15-18-13-5-3-11(20-7-8-22)9-14(13)21-15/h3-6,9-10H,7-8H2,1-2H3;3-6,9-10H,7-8,17H2,1-2H3;3-6,9-10,20H,7-8H2,1-2H3;3-6,9-10,22H,7-8H2,1-2H3/b4*6-4+. The molecule has 8 heterocycles. The largest absolute Gasteiger partial charge is 0.493 e. The third-order valence-electron chi connectivity index (χ3n) is 12.1. The Morgan fingerprint density at radius 2 is 0.717 bits per heavy atom. The van der Waals surface area contributed by atoms with E-state index in [1.165, 1.54) is 0 Å². The average molecular weight is 1340 g/mol. The SMILES string of the molecule is CN(C)c1ncc(/C=C/c2nc3ccc(OCCF)cc3o2)s1.CN(C)c1ncc(/C=C/c2nc3ccc(OCCN)cc3o2)s1.CN(C)c1ncc(/C=C/c2nc3ccc(OCCO)cc3o2)s1.CN(C)c1ncc(/C=C/c2nc3ccc(OCCS)cc3o2)s1. The fourth-order valence-corrected chi connectivity index (χ4v) is 10.9. The van der Waals surface area contributed by atoms with Crippen LogP contribution < -0.4 is 44.3 Å². The topological polar surface area (TPSA) is 252 Å². The highest BCUT2D eigenvalue weighted by molar-refractivity contribution is 7.80. The highest BCUT2D eigenvalue weighted by Crippen LogP contribution is 2.30. The number of aliphatic hydroxyl groups excluding tert-OH is 1. The number of aromatic nitrogens is 8. The number of hydrogen-bond acceptors (Lipinski definition) is 27. The third-order valence-corrected chi connectivity index (χ3v) is 16.8. The van der Waals surface area contributed by atoms with Gasteiger partial charge < -0.3 is 67.1 Å². The normalized spacial score (nSPS) is 11.4. The van der Waals surface area contributed by atoms with Crippen molar-refractivity contribution in [1.29, 1.82) is 0 Å². The number of thiazole rings is 4. The van der Waals surface area contributed by atoms with E-state index in [1.807, 2.05) is 186 Å². The van der Waals surface area contributed by atoms with Crippen molar-refractivity contribution in [2.75, 3.05) is 128 Å². The summed E-state index contributed by atoms with van der Waals surface area (Å²) >= 11 is 10.5. The number of benzene rings is 4. The number of ether oxygens (including phenoxy) is 4. The average Bonchev–Trinajstić information content (AvgIpc) is 1.86. The molecule has 0 fully saturated rings. The van der Waals surface area contributed by atoms with Gasteiger partial charge in [0, 0.05) is 162 Å². The Labute approximate surface area is 551 Å². The van der Waals surface area contributed by atoms with Crippen molar-refractivity contribution in [3.63, 3.8) is 0 Å². The number of nitrogens with two attached hydrogens (primary N) is 1. The monoisotopic (exact) mass is 1340 g/mol. The van der Waals surface area contributed by atoms with E-state index in [-0.39, 0.29) is 19.8 Å². The van der Waals surface area contributed by atoms with Gasteiger partial charge >= 0.3 is 0 Å². The zero-order valence-corrected chi connectivity index (χ0v) is 55.8. The Morgan fingerprint density at radius 1 is 0.435 bits per heavy atom. The minimum absolute atomic E-state index is 0.0216. The first-order valence-electron chi connectivity index (χ1n) is 28.5. The summed E-state index contributed by atoms with van der Waals surface area (Å²) in [5.41, 5.74) is 11.2. The van der Waals surface area contributed by atoms with Crippen LogP contribution >= 0.6 is 58.0 Å². The number of nitrogens with zero attached hydrogens (tertiary/aromatic N) is 12. The van der Waals surface area contributed by atoms with Crippen molar-refractivity contribution in [1.82, 2.24) is 39.9 Å². The molecule has 0 bridgehead atoms. The van der Waals surface area contributed by atoms with Gasteiger partial charge in [0.05, 0.1) is 13.2 Å². The Bertz CT molecular complexity index is 3850. The molecule has 0 atom stereocenters. The minimum Gasteiger partial charge on any atom is -0.493 e. The lowest BCUT2D eigenvalue weighted by Crippen LogP contribution is -2.10. The summed E-state index contributed by atoms with van der Waals surface area (Å²) in [5, 5.41) is 12.6. The van der Waals surface area contributed by atoms with Gasteiger partial charge in [-0.3, -0.25) is 0 Å². The lowest BCUT2D eigenvalue weighted by molar-refractivity contribution is 0.201. The molecule has 12 rings (SSSR count). The summed E-state index contributed by atoms with van der Waals surface area (Å²) in [6.07, 6.45) is 22.3. The fraction of sp³-hybridized carbons (Fsp3) is 0.250. The molecule has 0 aliphatic carbocycles. The van der Waals surface area contributed by atoms with E-state index < -0.39 is 6.67 Å². The van der Waals surface area contributed by atoms with Crippen molar-refractivity contribution in [2.45, 2.75) is 0 Å². The van der Waals surface area contributed by atoms with Gasteiger partial charge in [-0.2, -0.15) is 12.6 Å². The van der Waals surface area contributed by atoms with Crippen molar-refractivity contribution >= 4 is 172 Å². The fourth-order valence-electron chi connectivity index (χ4n) is 7.85. The molecule has 0 aliphatic heterocycles. The second-order valence-electron chi connectivity index (χ2n) is 20.1. The molecule has 0 saturated carbocycles. The quantitative estimate of drug-likeness (QED) is 0.0475. The molecule has 92 heavy (non-hydrogen) atoms. The minimum atomic E-state index is -0.522. The zero-order chi connectivity index (χ0) is 64.9. The number of halogens is 1. The van der Waals surface area contributed by atoms with Crippen molar-refractivity contribution in [2.24, 2.45) is 5.73 Å². The summed E-state index contributed by atoms with van der Waals surface area (Å²) in [6.45, 7) is 1.27. The maximum absolute atomic E-state index is 12.1. The van der Waals surface area contributed by atoms with Crippen LogP contribution in [0.25, 0.3) is 93.0 Å². The summed E-state index contributed by atoms with van der Waals surface area (Å²) in [5.74, 6) is 5.52. The molecule has 0 radical (unpaired) electrons. The number of aliphatic hydroxyl groups is 1. The second-order valence-corrected chi connectivity index (χ2v) is 24.7. The maximum atomic E-state index is 12.1. The van der Waals surface area contributed by atoms with Crippen LogP contribution in [0, 0.1) is 0 Å². The molecule has 12 aromatic rings. The molecule has 0 saturated heterocycles. The molecule has 8 aromatic heterocycles. The molecule has 4 aromatic carbocycles. The Hall–Kier alpha value is -9.16. The Morgan fingerprint density at radius 3 is 0.967 bits per heavy atom. The number of rotatable bonds is 24. The summed E-state index contributed by atoms with van der Waals surface area (Å²) in [7, 11) is 15.7. The van der Waals surface area contributed by atoms with Crippen LogP contribution in [0.3, 0.4) is 0 Å². The first-order chi connectivity index (χ1) is 44.6. The molecule has 28 heteroatoms. The highest BCUT2D eigenvalue weighted by atomic mass is 32.1. The predicted octanol–water partition coefficient (Wildman–Crippen LogP) is 13.4. The lowest BCUT2D eigenvalue weighted by atomic mass is 10.3. The van der Waals surface area contributed by atoms with Crippen molar-refractivity contribution in [3.8, 4) is 23.0 Å². The molecule has 0 unspecified atom stereocenters. The van der Waals surface area contributed by atoms with Crippen LogP contribution in [0.5, 0.6) is 23.0 Å². The molecule has 0 spiro atoms. The van der Waals surface area contributed by atoms with Crippen LogP contribution in [0.2, 0.25) is 0 Å². The number of anilines is 4. The first-order valence-corrected chi connectivity index (χ1v) is 32.4. The molecular formula is C64H68FN13O9S5. The zero-order valence-electron chi connectivity index (χ0n) is 51.6. The van der Waals surface area contributed by atoms with Crippen LogP contribution in [0.1, 0.15) is 43.1 Å². The van der Waals surface area contributed by atoms with E-state index in [4.69, 9.17) is 47.5 Å². The molecule has 480 valence electrons. The number of alkyl halides is 1. The van der Waals surface area contributed by atoms with Crippen LogP contribution in [-0.2, 0) is 0 Å². The Balaban J connectivity index is 0.000000145. The van der Waals surface area contributed by atoms with E-state index >= 15 is 0 Å². The van der Waals surface area contributed by atoms with Gasteiger partial charge in [0.25, 0.3) is 0 Å². The van der Waals surface area contributed by atoms with Gasteiger partial charge in [-0.1, -0.05) is 45.3 Å². The van der Waals surface area contributed by atoms with Crippen molar-refractivity contribution < 1.29 is 46.1 Å². The molecular weight excluding hydrogens is 1270 g/mol. The number of oxazole rings is 4. The van der Waals surface area contributed by atoms with Gasteiger partial charge in [-0.15, -0.1) is 0 Å². The van der Waals surface area contributed by atoms with Gasteiger partial charge in [0.2, 0.25) is 23.6 Å². The lowest BCUT2D eigenvalue weighted by Gasteiger charge is -2.04.